The highest BCUT2D eigenvalue weighted by Gasteiger charge is 2.38. The second kappa shape index (κ2) is 9.50. The van der Waals surface area contributed by atoms with E-state index >= 15 is 0 Å². The molecule has 0 saturated carbocycles. The molecular formula is C24H26ClN5O3S. The lowest BCUT2D eigenvalue weighted by molar-refractivity contribution is -0.123. The Labute approximate surface area is 203 Å². The summed E-state index contributed by atoms with van der Waals surface area (Å²) >= 11 is 6.02. The molecule has 0 spiro atoms. The molecule has 34 heavy (non-hydrogen) atoms. The number of nitrogens with zero attached hydrogens (tertiary/aromatic N) is 2. The van der Waals surface area contributed by atoms with E-state index in [1.165, 1.54) is 17.1 Å². The molecule has 0 radical (unpaired) electrons. The van der Waals surface area contributed by atoms with Crippen LogP contribution < -0.4 is 16.0 Å². The van der Waals surface area contributed by atoms with Crippen molar-refractivity contribution in [3.05, 3.63) is 71.5 Å². The summed E-state index contributed by atoms with van der Waals surface area (Å²) in [5, 5.41) is 14.5. The first-order valence-corrected chi connectivity index (χ1v) is 13.2. The molecule has 3 aromatic rings. The third-order valence-corrected chi connectivity index (χ3v) is 8.48. The van der Waals surface area contributed by atoms with Crippen LogP contribution >= 0.6 is 11.6 Å². The van der Waals surface area contributed by atoms with Gasteiger partial charge in [0, 0.05) is 23.8 Å². The van der Waals surface area contributed by atoms with Crippen molar-refractivity contribution < 1.29 is 13.2 Å². The van der Waals surface area contributed by atoms with Crippen LogP contribution in [0.5, 0.6) is 0 Å². The van der Waals surface area contributed by atoms with Crippen LogP contribution in [0.1, 0.15) is 18.4 Å². The van der Waals surface area contributed by atoms with Crippen molar-refractivity contribution in [1.82, 2.24) is 25.7 Å². The number of halogens is 1. The van der Waals surface area contributed by atoms with Crippen molar-refractivity contribution >= 4 is 27.3 Å². The van der Waals surface area contributed by atoms with Gasteiger partial charge in [0.05, 0.1) is 22.8 Å². The van der Waals surface area contributed by atoms with Crippen LogP contribution in [0.25, 0.3) is 5.69 Å². The highest BCUT2D eigenvalue weighted by atomic mass is 35.5. The van der Waals surface area contributed by atoms with Crippen molar-refractivity contribution in [2.24, 2.45) is 5.92 Å². The van der Waals surface area contributed by atoms with Gasteiger partial charge in [-0.2, -0.15) is 5.10 Å². The van der Waals surface area contributed by atoms with Gasteiger partial charge >= 0.3 is 0 Å². The third kappa shape index (κ3) is 4.74. The van der Waals surface area contributed by atoms with Gasteiger partial charge in [0.25, 0.3) is 0 Å². The highest BCUT2D eigenvalue weighted by molar-refractivity contribution is 7.91. The number of amides is 1. The summed E-state index contributed by atoms with van der Waals surface area (Å²) < 4.78 is 27.6. The molecule has 0 bridgehead atoms. The zero-order valence-corrected chi connectivity index (χ0v) is 20.0. The van der Waals surface area contributed by atoms with Gasteiger partial charge in [0.2, 0.25) is 15.7 Å². The van der Waals surface area contributed by atoms with E-state index in [0.29, 0.717) is 29.2 Å². The minimum atomic E-state index is -3.73. The molecule has 3 N–H and O–H groups in total. The fraction of sp³-hybridized carbons (Fsp3) is 0.333. The first kappa shape index (κ1) is 23.0. The normalized spacial score (nSPS) is 22.3. The van der Waals surface area contributed by atoms with E-state index in [-0.39, 0.29) is 21.7 Å². The summed E-state index contributed by atoms with van der Waals surface area (Å²) in [6, 6.07) is 13.8. The molecule has 2 saturated heterocycles. The van der Waals surface area contributed by atoms with Crippen LogP contribution in [0.4, 0.5) is 0 Å². The molecule has 5 rings (SSSR count). The molecule has 3 unspecified atom stereocenters. The fourth-order valence-electron chi connectivity index (χ4n) is 4.64. The summed E-state index contributed by atoms with van der Waals surface area (Å²) in [6.07, 6.45) is 4.68. The molecule has 3 atom stereocenters. The fourth-order valence-corrected chi connectivity index (χ4v) is 6.02. The average Bonchev–Trinajstić information content (AvgIpc) is 3.51. The second-order valence-electron chi connectivity index (χ2n) is 8.78. The number of piperidine rings is 1. The number of carbonyl (C=O) groups is 1. The minimum absolute atomic E-state index is 0.0143. The van der Waals surface area contributed by atoms with Gasteiger partial charge in [-0.15, -0.1) is 0 Å². The first-order valence-electron chi connectivity index (χ1n) is 11.3. The van der Waals surface area contributed by atoms with Crippen LogP contribution in [0, 0.1) is 5.92 Å². The summed E-state index contributed by atoms with van der Waals surface area (Å²) in [5.74, 6) is 0.483. The molecule has 178 valence electrons. The Balaban J connectivity index is 1.22. The highest BCUT2D eigenvalue weighted by Crippen LogP contribution is 2.25. The van der Waals surface area contributed by atoms with Gasteiger partial charge in [-0.25, -0.2) is 13.1 Å². The quantitative estimate of drug-likeness (QED) is 0.480. The first-order chi connectivity index (χ1) is 16.4. The van der Waals surface area contributed by atoms with Gasteiger partial charge in [0.1, 0.15) is 4.90 Å². The van der Waals surface area contributed by atoms with Crippen LogP contribution in [0.15, 0.2) is 70.7 Å². The molecule has 3 heterocycles. The Kier molecular flexibility index (Phi) is 6.44. The molecule has 8 nitrogen and oxygen atoms in total. The maximum absolute atomic E-state index is 13.1. The Morgan fingerprint density at radius 1 is 1.18 bits per heavy atom. The Bertz CT molecular complexity index is 1280. The van der Waals surface area contributed by atoms with E-state index < -0.39 is 9.84 Å². The van der Waals surface area contributed by atoms with E-state index in [1.807, 2.05) is 0 Å². The minimum Gasteiger partial charge on any atom is -0.351 e. The number of fused-ring (bicyclic) bond motifs is 1. The van der Waals surface area contributed by atoms with Crippen LogP contribution in [0.3, 0.4) is 0 Å². The molecular weight excluding hydrogens is 474 g/mol. The lowest BCUT2D eigenvalue weighted by Gasteiger charge is -2.25. The predicted molar refractivity (Wildman–Crippen MR) is 129 cm³/mol. The van der Waals surface area contributed by atoms with Gasteiger partial charge in [-0.05, 0) is 67.7 Å². The number of hydrogen-bond donors (Lipinski definition) is 3. The summed E-state index contributed by atoms with van der Waals surface area (Å²) in [7, 11) is -3.73. The Morgan fingerprint density at radius 2 is 2.00 bits per heavy atom. The Hall–Kier alpha value is -2.72. The van der Waals surface area contributed by atoms with Gasteiger partial charge < -0.3 is 16.0 Å². The summed E-state index contributed by atoms with van der Waals surface area (Å²) in [6.45, 7) is 2.28. The van der Waals surface area contributed by atoms with Gasteiger partial charge in [0.15, 0.2) is 0 Å². The second-order valence-corrected chi connectivity index (χ2v) is 11.2. The average molecular weight is 500 g/mol. The van der Waals surface area contributed by atoms with Crippen LogP contribution in [-0.4, -0.2) is 49.3 Å². The summed E-state index contributed by atoms with van der Waals surface area (Å²) in [4.78, 5) is 12.9. The zero-order valence-electron chi connectivity index (χ0n) is 18.4. The maximum atomic E-state index is 13.1. The van der Waals surface area contributed by atoms with Crippen molar-refractivity contribution in [3.8, 4) is 5.69 Å². The van der Waals surface area contributed by atoms with E-state index in [9.17, 15) is 13.2 Å². The van der Waals surface area contributed by atoms with Gasteiger partial charge in [-0.1, -0.05) is 29.8 Å². The van der Waals surface area contributed by atoms with E-state index in [2.05, 4.69) is 21.0 Å². The molecule has 0 aliphatic carbocycles. The lowest BCUT2D eigenvalue weighted by Crippen LogP contribution is -2.45. The number of benzene rings is 2. The number of hydrogen-bond acceptors (Lipinski definition) is 6. The number of carbonyl (C=O) groups excluding carboxylic acids is 1. The maximum Gasteiger partial charge on any atom is 0.237 e. The SMILES string of the molecule is O=C(NCc1ccc(S(=O)(=O)c2cnn(-c3cccc(Cl)c3)c2)cc1)C1CC2CNCCC2N1. The molecule has 2 fully saturated rings. The number of nitrogens with one attached hydrogen (secondary N) is 3. The van der Waals surface area contributed by atoms with Crippen molar-refractivity contribution in [1.29, 1.82) is 0 Å². The number of sulfone groups is 1. The zero-order chi connectivity index (χ0) is 23.7. The standard InChI is InChI=1S/C24H26ClN5O3S/c25-18-2-1-3-19(11-18)30-15-21(14-28-30)34(32,33)20-6-4-16(5-7-20)12-27-24(31)23-10-17-13-26-9-8-22(17)29-23/h1-7,11,14-15,17,22-23,26,29H,8-10,12-13H2,(H,27,31). The van der Waals surface area contributed by atoms with Crippen molar-refractivity contribution in [2.45, 2.75) is 41.3 Å². The molecule has 10 heteroatoms. The van der Waals surface area contributed by atoms with E-state index in [0.717, 1.165) is 31.5 Å². The number of aromatic nitrogens is 2. The predicted octanol–water partition coefficient (Wildman–Crippen LogP) is 2.31. The van der Waals surface area contributed by atoms with Crippen LogP contribution in [0.2, 0.25) is 5.02 Å². The van der Waals surface area contributed by atoms with Crippen molar-refractivity contribution in [2.75, 3.05) is 13.1 Å². The van der Waals surface area contributed by atoms with Crippen molar-refractivity contribution in [3.63, 3.8) is 0 Å². The largest absolute Gasteiger partial charge is 0.351 e. The molecule has 1 amide bonds. The summed E-state index contributed by atoms with van der Waals surface area (Å²) in [5.41, 5.74) is 1.51. The molecule has 2 aromatic carbocycles. The number of rotatable bonds is 6. The molecule has 1 aromatic heterocycles. The van der Waals surface area contributed by atoms with E-state index in [4.69, 9.17) is 11.6 Å². The third-order valence-electron chi connectivity index (χ3n) is 6.52. The van der Waals surface area contributed by atoms with Gasteiger partial charge in [-0.3, -0.25) is 4.79 Å². The molecule has 2 aliphatic heterocycles. The Morgan fingerprint density at radius 3 is 2.76 bits per heavy atom. The smallest absolute Gasteiger partial charge is 0.237 e. The molecule has 2 aliphatic rings. The van der Waals surface area contributed by atoms with Crippen LogP contribution in [-0.2, 0) is 21.2 Å². The van der Waals surface area contributed by atoms with E-state index in [1.54, 1.807) is 48.5 Å². The monoisotopic (exact) mass is 499 g/mol. The lowest BCUT2D eigenvalue weighted by atomic mass is 9.94. The topological polar surface area (TPSA) is 105 Å².